The van der Waals surface area contributed by atoms with Gasteiger partial charge in [-0.2, -0.15) is 0 Å². The summed E-state index contributed by atoms with van der Waals surface area (Å²) >= 11 is 5.88. The van der Waals surface area contributed by atoms with Crippen LogP contribution in [0.4, 0.5) is 0 Å². The molecule has 4 heteroatoms. The smallest absolute Gasteiger partial charge is 0.128 e. The molecule has 1 rings (SSSR count). The summed E-state index contributed by atoms with van der Waals surface area (Å²) in [6.07, 6.45) is 4.60. The Morgan fingerprint density at radius 2 is 1.53 bits per heavy atom. The van der Waals surface area contributed by atoms with E-state index in [2.05, 4.69) is 18.7 Å². The molecule has 1 aromatic carbocycles. The largest absolute Gasteiger partial charge is 0.357 e. The van der Waals surface area contributed by atoms with Crippen molar-refractivity contribution in [1.29, 1.82) is 5.41 Å². The second-order valence-corrected chi connectivity index (χ2v) is 4.99. The molecule has 0 heterocycles. The van der Waals surface area contributed by atoms with Crippen molar-refractivity contribution in [1.82, 2.24) is 4.90 Å². The monoisotopic (exact) mass is 302 g/mol. The molecule has 0 atom stereocenters. The van der Waals surface area contributed by atoms with Crippen LogP contribution in [0.25, 0.3) is 0 Å². The van der Waals surface area contributed by atoms with Crippen molar-refractivity contribution in [3.05, 3.63) is 34.9 Å². The molecule has 0 radical (unpaired) electrons. The molecule has 0 aromatic heterocycles. The molecule has 0 aliphatic rings. The van der Waals surface area contributed by atoms with E-state index in [4.69, 9.17) is 17.0 Å². The van der Waals surface area contributed by atoms with Crippen molar-refractivity contribution >= 4 is 29.8 Å². The zero-order chi connectivity index (χ0) is 13.4. The molecule has 1 N–H and O–H groups in total. The fourth-order valence-corrected chi connectivity index (χ4v) is 1.95. The predicted molar refractivity (Wildman–Crippen MR) is 86.9 cm³/mol. The Kier molecular flexibility index (Phi) is 9.72. The second kappa shape index (κ2) is 10.1. The van der Waals surface area contributed by atoms with Gasteiger partial charge in [-0.1, -0.05) is 38.3 Å². The average molecular weight is 303 g/mol. The molecule has 1 aromatic rings. The highest BCUT2D eigenvalue weighted by atomic mass is 35.5. The molecule has 0 unspecified atom stereocenters. The van der Waals surface area contributed by atoms with Crippen LogP contribution in [0.15, 0.2) is 24.3 Å². The maximum absolute atomic E-state index is 8.30. The summed E-state index contributed by atoms with van der Waals surface area (Å²) in [5.41, 5.74) is 0.951. The van der Waals surface area contributed by atoms with Gasteiger partial charge in [0, 0.05) is 23.7 Å². The molecular formula is C15H24Cl2N2. The van der Waals surface area contributed by atoms with Gasteiger partial charge in [-0.25, -0.2) is 0 Å². The van der Waals surface area contributed by atoms with Crippen molar-refractivity contribution in [2.24, 2.45) is 0 Å². The SMILES string of the molecule is CCCCN(CCCC)C(=N)c1ccc(Cl)cc1.Cl. The Hall–Kier alpha value is -0.730. The zero-order valence-corrected chi connectivity index (χ0v) is 13.4. The van der Waals surface area contributed by atoms with Gasteiger partial charge in [0.25, 0.3) is 0 Å². The Labute approximate surface area is 128 Å². The van der Waals surface area contributed by atoms with Crippen LogP contribution in [-0.2, 0) is 0 Å². The highest BCUT2D eigenvalue weighted by Gasteiger charge is 2.10. The molecule has 0 aliphatic heterocycles. The number of hydrogen-bond donors (Lipinski definition) is 1. The quantitative estimate of drug-likeness (QED) is 0.557. The van der Waals surface area contributed by atoms with Gasteiger partial charge in [-0.3, -0.25) is 5.41 Å². The van der Waals surface area contributed by atoms with E-state index in [1.54, 1.807) is 0 Å². The molecule has 19 heavy (non-hydrogen) atoms. The fraction of sp³-hybridized carbons (Fsp3) is 0.533. The van der Waals surface area contributed by atoms with E-state index < -0.39 is 0 Å². The fourth-order valence-electron chi connectivity index (χ4n) is 1.82. The van der Waals surface area contributed by atoms with Crippen molar-refractivity contribution in [3.63, 3.8) is 0 Å². The van der Waals surface area contributed by atoms with Crippen LogP contribution < -0.4 is 0 Å². The first kappa shape index (κ1) is 18.3. The Bertz CT molecular complexity index is 355. The molecule has 0 spiro atoms. The van der Waals surface area contributed by atoms with Gasteiger partial charge in [0.2, 0.25) is 0 Å². The van der Waals surface area contributed by atoms with Crippen molar-refractivity contribution in [2.75, 3.05) is 13.1 Å². The first-order chi connectivity index (χ1) is 8.69. The van der Waals surface area contributed by atoms with Crippen LogP contribution in [0, 0.1) is 5.41 Å². The van der Waals surface area contributed by atoms with Crippen LogP contribution in [-0.4, -0.2) is 23.8 Å². The molecular weight excluding hydrogens is 279 g/mol. The number of nitrogens with zero attached hydrogens (tertiary/aromatic N) is 1. The highest BCUT2D eigenvalue weighted by Crippen LogP contribution is 2.12. The number of rotatable bonds is 7. The minimum absolute atomic E-state index is 0. The molecule has 2 nitrogen and oxygen atoms in total. The van der Waals surface area contributed by atoms with Gasteiger partial charge in [-0.15, -0.1) is 12.4 Å². The molecule has 108 valence electrons. The van der Waals surface area contributed by atoms with E-state index in [9.17, 15) is 0 Å². The van der Waals surface area contributed by atoms with E-state index in [1.165, 1.54) is 0 Å². The summed E-state index contributed by atoms with van der Waals surface area (Å²) in [5.74, 6) is 0.619. The highest BCUT2D eigenvalue weighted by molar-refractivity contribution is 6.30. The lowest BCUT2D eigenvalue weighted by Crippen LogP contribution is -2.32. The van der Waals surface area contributed by atoms with E-state index in [-0.39, 0.29) is 12.4 Å². The number of hydrogen-bond acceptors (Lipinski definition) is 1. The maximum Gasteiger partial charge on any atom is 0.128 e. The van der Waals surface area contributed by atoms with E-state index >= 15 is 0 Å². The normalized spacial score (nSPS) is 9.84. The number of benzene rings is 1. The minimum Gasteiger partial charge on any atom is -0.357 e. The topological polar surface area (TPSA) is 27.1 Å². The minimum atomic E-state index is 0. The number of nitrogens with one attached hydrogen (secondary N) is 1. The molecule has 0 aliphatic carbocycles. The van der Waals surface area contributed by atoms with Gasteiger partial charge in [0.1, 0.15) is 5.84 Å². The van der Waals surface area contributed by atoms with Gasteiger partial charge in [0.05, 0.1) is 0 Å². The Balaban J connectivity index is 0.00000324. The molecule has 0 saturated carbocycles. The summed E-state index contributed by atoms with van der Waals surface area (Å²) in [4.78, 5) is 2.18. The number of unbranched alkanes of at least 4 members (excludes halogenated alkanes) is 2. The predicted octanol–water partition coefficient (Wildman–Crippen LogP) is 4.99. The van der Waals surface area contributed by atoms with Gasteiger partial charge < -0.3 is 4.90 Å². The lowest BCUT2D eigenvalue weighted by atomic mass is 10.1. The molecule has 0 amide bonds. The molecule has 0 bridgehead atoms. The van der Waals surface area contributed by atoms with Gasteiger partial charge >= 0.3 is 0 Å². The van der Waals surface area contributed by atoms with Crippen molar-refractivity contribution < 1.29 is 0 Å². The third-order valence-electron chi connectivity index (χ3n) is 3.00. The summed E-state index contributed by atoms with van der Waals surface area (Å²) < 4.78 is 0. The summed E-state index contributed by atoms with van der Waals surface area (Å²) in [5, 5.41) is 9.02. The van der Waals surface area contributed by atoms with Crippen LogP contribution in [0.5, 0.6) is 0 Å². The standard InChI is InChI=1S/C15H23ClN2.ClH/c1-3-5-11-18(12-6-4-2)15(17)13-7-9-14(16)10-8-13;/h7-10,17H,3-6,11-12H2,1-2H3;1H. The van der Waals surface area contributed by atoms with Crippen LogP contribution in [0.1, 0.15) is 45.1 Å². The molecule has 0 saturated heterocycles. The van der Waals surface area contributed by atoms with Crippen LogP contribution >= 0.6 is 24.0 Å². The van der Waals surface area contributed by atoms with Crippen LogP contribution in [0.2, 0.25) is 5.02 Å². The zero-order valence-electron chi connectivity index (χ0n) is 11.8. The summed E-state index contributed by atoms with van der Waals surface area (Å²) in [6, 6.07) is 7.55. The third kappa shape index (κ3) is 6.31. The third-order valence-corrected chi connectivity index (χ3v) is 3.25. The second-order valence-electron chi connectivity index (χ2n) is 4.55. The van der Waals surface area contributed by atoms with E-state index in [0.717, 1.165) is 49.4 Å². The van der Waals surface area contributed by atoms with E-state index in [0.29, 0.717) is 5.84 Å². The lowest BCUT2D eigenvalue weighted by Gasteiger charge is -2.25. The first-order valence-corrected chi connectivity index (χ1v) is 7.16. The van der Waals surface area contributed by atoms with E-state index in [1.807, 2.05) is 24.3 Å². The Morgan fingerprint density at radius 3 is 1.95 bits per heavy atom. The van der Waals surface area contributed by atoms with Gasteiger partial charge in [-0.05, 0) is 37.1 Å². The van der Waals surface area contributed by atoms with Crippen molar-refractivity contribution in [2.45, 2.75) is 39.5 Å². The number of halogens is 2. The average Bonchev–Trinajstić information content (AvgIpc) is 2.39. The summed E-state index contributed by atoms with van der Waals surface area (Å²) in [6.45, 7) is 6.31. The number of amidine groups is 1. The summed E-state index contributed by atoms with van der Waals surface area (Å²) in [7, 11) is 0. The maximum atomic E-state index is 8.30. The first-order valence-electron chi connectivity index (χ1n) is 6.78. The van der Waals surface area contributed by atoms with Gasteiger partial charge in [0.15, 0.2) is 0 Å². The van der Waals surface area contributed by atoms with Crippen molar-refractivity contribution in [3.8, 4) is 0 Å². The van der Waals surface area contributed by atoms with Crippen LogP contribution in [0.3, 0.4) is 0 Å². The molecule has 0 fully saturated rings. The Morgan fingerprint density at radius 1 is 1.05 bits per heavy atom. The lowest BCUT2D eigenvalue weighted by molar-refractivity contribution is 0.397.